The summed E-state index contributed by atoms with van der Waals surface area (Å²) in [5.74, 6) is 1.30. The molecule has 0 bridgehead atoms. The number of thiazole rings is 1. The van der Waals surface area contributed by atoms with Crippen LogP contribution in [0.1, 0.15) is 23.2 Å². The van der Waals surface area contributed by atoms with E-state index < -0.39 is 21.7 Å². The van der Waals surface area contributed by atoms with Crippen LogP contribution in [0.2, 0.25) is 0 Å². The van der Waals surface area contributed by atoms with Gasteiger partial charge in [-0.2, -0.15) is 19.8 Å². The van der Waals surface area contributed by atoms with Gasteiger partial charge in [0.15, 0.2) is 4.80 Å². The molecule has 0 fully saturated rings. The minimum atomic E-state index is -3.96. The molecule has 1 heterocycles. The van der Waals surface area contributed by atoms with Gasteiger partial charge in [0.25, 0.3) is 5.91 Å². The second-order valence-electron chi connectivity index (χ2n) is 6.92. The van der Waals surface area contributed by atoms with Crippen LogP contribution in [0.4, 0.5) is 4.39 Å². The van der Waals surface area contributed by atoms with Crippen molar-refractivity contribution in [2.75, 3.05) is 13.1 Å². The summed E-state index contributed by atoms with van der Waals surface area (Å²) in [6.07, 6.45) is 5.36. The Hall–Kier alpha value is -3.82. The van der Waals surface area contributed by atoms with E-state index in [0.29, 0.717) is 4.70 Å². The van der Waals surface area contributed by atoms with Crippen LogP contribution in [0.5, 0.6) is 0 Å². The zero-order chi connectivity index (χ0) is 24.7. The third kappa shape index (κ3) is 5.22. The van der Waals surface area contributed by atoms with E-state index in [1.54, 1.807) is 12.1 Å². The predicted octanol–water partition coefficient (Wildman–Crippen LogP) is 3.03. The fraction of sp³-hybridized carbons (Fsp3) is 0.217. The topological polar surface area (TPSA) is 119 Å². The molecule has 172 valence electrons. The molecule has 0 saturated heterocycles. The van der Waals surface area contributed by atoms with Gasteiger partial charge in [-0.05, 0) is 36.4 Å². The third-order valence-corrected chi connectivity index (χ3v) is 7.74. The number of terminal acetylenes is 1. The van der Waals surface area contributed by atoms with Crippen LogP contribution >= 0.6 is 11.3 Å². The van der Waals surface area contributed by atoms with Crippen LogP contribution in [0.25, 0.3) is 10.2 Å². The maximum atomic E-state index is 14.3. The minimum Gasteiger partial charge on any atom is -0.302 e. The SMILES string of the molecule is C#CCn1c(=NC(=O)c2ccc(S(=O)(=O)N(CCC#N)CCC#N)cc2)sc2cccc(F)c21. The number of hydrogen-bond donors (Lipinski definition) is 0. The van der Waals surface area contributed by atoms with Crippen LogP contribution in [-0.2, 0) is 16.6 Å². The van der Waals surface area contributed by atoms with E-state index >= 15 is 0 Å². The lowest BCUT2D eigenvalue weighted by molar-refractivity contribution is 0.0997. The van der Waals surface area contributed by atoms with Crippen molar-refractivity contribution in [3.8, 4) is 24.5 Å². The van der Waals surface area contributed by atoms with Crippen LogP contribution in [-0.4, -0.2) is 36.3 Å². The van der Waals surface area contributed by atoms with Crippen molar-refractivity contribution in [3.05, 3.63) is 58.6 Å². The first-order valence-corrected chi connectivity index (χ1v) is 12.2. The lowest BCUT2D eigenvalue weighted by Gasteiger charge is -2.20. The predicted molar refractivity (Wildman–Crippen MR) is 124 cm³/mol. The molecule has 0 atom stereocenters. The van der Waals surface area contributed by atoms with Gasteiger partial charge in [-0.1, -0.05) is 23.3 Å². The number of sulfonamides is 1. The molecular weight excluding hydrogens is 477 g/mol. The summed E-state index contributed by atoms with van der Waals surface area (Å²) in [7, 11) is -3.96. The maximum absolute atomic E-state index is 14.3. The van der Waals surface area contributed by atoms with Gasteiger partial charge in [-0.25, -0.2) is 12.8 Å². The molecule has 2 aromatic carbocycles. The van der Waals surface area contributed by atoms with E-state index in [1.807, 2.05) is 12.1 Å². The summed E-state index contributed by atoms with van der Waals surface area (Å²) in [5.41, 5.74) is 0.387. The number of carbonyl (C=O) groups is 1. The lowest BCUT2D eigenvalue weighted by atomic mass is 10.2. The second kappa shape index (κ2) is 10.9. The molecule has 11 heteroatoms. The molecule has 8 nitrogen and oxygen atoms in total. The molecule has 1 amide bonds. The zero-order valence-electron chi connectivity index (χ0n) is 17.8. The van der Waals surface area contributed by atoms with Crippen LogP contribution in [0.15, 0.2) is 52.4 Å². The Morgan fingerprint density at radius 3 is 2.35 bits per heavy atom. The fourth-order valence-corrected chi connectivity index (χ4v) is 5.67. The molecule has 0 spiro atoms. The van der Waals surface area contributed by atoms with Crippen molar-refractivity contribution in [1.82, 2.24) is 8.87 Å². The van der Waals surface area contributed by atoms with Gasteiger partial charge in [0.2, 0.25) is 10.0 Å². The van der Waals surface area contributed by atoms with Crippen LogP contribution in [0.3, 0.4) is 0 Å². The van der Waals surface area contributed by atoms with Crippen molar-refractivity contribution in [1.29, 1.82) is 10.5 Å². The largest absolute Gasteiger partial charge is 0.302 e. The number of rotatable bonds is 8. The van der Waals surface area contributed by atoms with Gasteiger partial charge in [0, 0.05) is 31.5 Å². The number of nitriles is 2. The molecule has 1 aromatic heterocycles. The average molecular weight is 496 g/mol. The number of carbonyl (C=O) groups excluding carboxylic acids is 1. The molecule has 0 radical (unpaired) electrons. The number of amides is 1. The molecule has 0 aliphatic rings. The Morgan fingerprint density at radius 1 is 1.12 bits per heavy atom. The molecule has 3 aromatic rings. The molecule has 0 unspecified atom stereocenters. The van der Waals surface area contributed by atoms with E-state index in [2.05, 4.69) is 10.9 Å². The highest BCUT2D eigenvalue weighted by molar-refractivity contribution is 7.89. The van der Waals surface area contributed by atoms with Crippen molar-refractivity contribution in [2.24, 2.45) is 4.99 Å². The van der Waals surface area contributed by atoms with E-state index in [9.17, 15) is 17.6 Å². The van der Waals surface area contributed by atoms with E-state index in [0.717, 1.165) is 15.6 Å². The van der Waals surface area contributed by atoms with Gasteiger partial charge < -0.3 is 4.57 Å². The second-order valence-corrected chi connectivity index (χ2v) is 9.87. The summed E-state index contributed by atoms with van der Waals surface area (Å²) in [5, 5.41) is 17.6. The van der Waals surface area contributed by atoms with Crippen LogP contribution < -0.4 is 4.80 Å². The summed E-state index contributed by atoms with van der Waals surface area (Å²) < 4.78 is 43.2. The fourth-order valence-electron chi connectivity index (χ4n) is 3.18. The molecule has 0 N–H and O–H groups in total. The standard InChI is InChI=1S/C23H18FN5O3S2/c1-2-14-29-21-19(24)6-3-7-20(21)33-23(29)27-22(30)17-8-10-18(11-9-17)34(31,32)28(15-4-12-25)16-5-13-26/h1,3,6-11H,4-5,14-16H2. The van der Waals surface area contributed by atoms with Gasteiger partial charge in [-0.3, -0.25) is 4.79 Å². The Labute approximate surface area is 199 Å². The number of aromatic nitrogens is 1. The van der Waals surface area contributed by atoms with Crippen molar-refractivity contribution in [3.63, 3.8) is 0 Å². The highest BCUT2D eigenvalue weighted by Crippen LogP contribution is 2.21. The van der Waals surface area contributed by atoms with Gasteiger partial charge in [0.05, 0.1) is 33.8 Å². The monoisotopic (exact) mass is 495 g/mol. The summed E-state index contributed by atoms with van der Waals surface area (Å²) in [6, 6.07) is 13.5. The third-order valence-electron chi connectivity index (χ3n) is 4.78. The Balaban J connectivity index is 1.94. The first-order valence-electron chi connectivity index (χ1n) is 9.98. The number of benzene rings is 2. The molecule has 3 rings (SSSR count). The summed E-state index contributed by atoms with van der Waals surface area (Å²) >= 11 is 1.11. The number of hydrogen-bond acceptors (Lipinski definition) is 6. The van der Waals surface area contributed by atoms with Gasteiger partial charge >= 0.3 is 0 Å². The van der Waals surface area contributed by atoms with E-state index in [1.165, 1.54) is 34.9 Å². The molecule has 0 aliphatic heterocycles. The number of halogens is 1. The number of fused-ring (bicyclic) bond motifs is 1. The van der Waals surface area contributed by atoms with Crippen molar-refractivity contribution in [2.45, 2.75) is 24.3 Å². The molecule has 34 heavy (non-hydrogen) atoms. The molecular formula is C23H18FN5O3S2. The molecule has 0 aliphatic carbocycles. The van der Waals surface area contributed by atoms with Crippen molar-refractivity contribution < 1.29 is 17.6 Å². The summed E-state index contributed by atoms with van der Waals surface area (Å²) in [6.45, 7) is -0.0755. The highest BCUT2D eigenvalue weighted by atomic mass is 32.2. The molecule has 0 saturated carbocycles. The quantitative estimate of drug-likeness (QED) is 0.445. The maximum Gasteiger partial charge on any atom is 0.279 e. The first kappa shape index (κ1) is 24.8. The lowest BCUT2D eigenvalue weighted by Crippen LogP contribution is -2.32. The van der Waals surface area contributed by atoms with E-state index in [4.69, 9.17) is 16.9 Å². The Bertz CT molecular complexity index is 1500. The minimum absolute atomic E-state index is 0.0193. The summed E-state index contributed by atoms with van der Waals surface area (Å²) in [4.78, 5) is 17.0. The number of nitrogens with zero attached hydrogens (tertiary/aromatic N) is 5. The Kier molecular flexibility index (Phi) is 7.93. The van der Waals surface area contributed by atoms with Gasteiger partial charge in [-0.15, -0.1) is 6.42 Å². The zero-order valence-corrected chi connectivity index (χ0v) is 19.4. The Morgan fingerprint density at radius 2 is 1.76 bits per heavy atom. The van der Waals surface area contributed by atoms with Gasteiger partial charge in [0.1, 0.15) is 5.82 Å². The average Bonchev–Trinajstić information content (AvgIpc) is 3.17. The van der Waals surface area contributed by atoms with E-state index in [-0.39, 0.29) is 53.3 Å². The normalized spacial score (nSPS) is 11.8. The highest BCUT2D eigenvalue weighted by Gasteiger charge is 2.24. The van der Waals surface area contributed by atoms with Crippen LogP contribution in [0, 0.1) is 40.8 Å². The first-order chi connectivity index (χ1) is 16.3. The van der Waals surface area contributed by atoms with Crippen molar-refractivity contribution >= 4 is 37.5 Å². The number of para-hydroxylation sites is 1. The smallest absolute Gasteiger partial charge is 0.279 e.